The highest BCUT2D eigenvalue weighted by Crippen LogP contribution is 2.52. The van der Waals surface area contributed by atoms with E-state index >= 15 is 0 Å². The number of fused-ring (bicyclic) bond motifs is 2. The molecule has 3 atom stereocenters. The Bertz CT molecular complexity index is 1470. The molecule has 2 unspecified atom stereocenters. The monoisotopic (exact) mass is 559 g/mol. The molecular formula is C24H18ClN3O7S2. The van der Waals surface area contributed by atoms with Crippen molar-refractivity contribution in [3.8, 4) is 5.75 Å². The minimum Gasteiger partial charge on any atom is -0.484 e. The molecule has 3 heterocycles. The smallest absolute Gasteiger partial charge is 0.323 e. The van der Waals surface area contributed by atoms with Crippen molar-refractivity contribution in [2.45, 2.75) is 16.2 Å². The van der Waals surface area contributed by atoms with Gasteiger partial charge in [0.25, 0.3) is 5.91 Å². The lowest BCUT2D eigenvalue weighted by Gasteiger charge is -2.30. The standard InChI is InChI=1S/C24H18ClN3O7S2/c25-12-4-6-13(7-5-12)26-15(29)10-35-14-3-1-2-11(8-14)17-18-20(36-21-19(17)37-24(34)27-21)23(33)28(22(18)32)9-16(30)31/h1-8,17-18,20H,9-10H2,(H,26,29)(H,27,34)(H,30,31)/t17-,18?,20?/m0/s1. The van der Waals surface area contributed by atoms with Gasteiger partial charge >= 0.3 is 10.8 Å². The summed E-state index contributed by atoms with van der Waals surface area (Å²) >= 11 is 7.87. The van der Waals surface area contributed by atoms with E-state index in [-0.39, 0.29) is 11.5 Å². The van der Waals surface area contributed by atoms with Crippen molar-refractivity contribution in [1.82, 2.24) is 9.88 Å². The fourth-order valence-corrected chi connectivity index (χ4v) is 7.06. The highest BCUT2D eigenvalue weighted by molar-refractivity contribution is 8.00. The van der Waals surface area contributed by atoms with Crippen molar-refractivity contribution in [3.05, 3.63) is 73.7 Å². The molecule has 0 spiro atoms. The number of rotatable bonds is 7. The lowest BCUT2D eigenvalue weighted by Crippen LogP contribution is -2.36. The first kappa shape index (κ1) is 25.1. The van der Waals surface area contributed by atoms with E-state index in [0.29, 0.717) is 31.9 Å². The molecule has 0 bridgehead atoms. The van der Waals surface area contributed by atoms with E-state index in [1.807, 2.05) is 0 Å². The van der Waals surface area contributed by atoms with E-state index in [1.54, 1.807) is 48.5 Å². The number of aromatic nitrogens is 1. The second-order valence-electron chi connectivity index (χ2n) is 8.32. The van der Waals surface area contributed by atoms with Crippen LogP contribution in [-0.4, -0.2) is 57.1 Å². The number of benzene rings is 2. The van der Waals surface area contributed by atoms with Gasteiger partial charge in [0.15, 0.2) is 6.61 Å². The van der Waals surface area contributed by atoms with Gasteiger partial charge in [0.2, 0.25) is 11.8 Å². The summed E-state index contributed by atoms with van der Waals surface area (Å²) in [5.74, 6) is -4.11. The molecule has 5 rings (SSSR count). The molecule has 0 saturated carbocycles. The zero-order valence-electron chi connectivity index (χ0n) is 18.8. The summed E-state index contributed by atoms with van der Waals surface area (Å²) in [6.45, 7) is -1.01. The molecule has 2 aliphatic rings. The minimum absolute atomic E-state index is 0.287. The first-order chi connectivity index (χ1) is 17.7. The number of aliphatic carboxylic acids is 1. The van der Waals surface area contributed by atoms with E-state index in [2.05, 4.69) is 10.3 Å². The topological polar surface area (TPSA) is 146 Å². The third-order valence-electron chi connectivity index (χ3n) is 5.92. The summed E-state index contributed by atoms with van der Waals surface area (Å²) in [6.07, 6.45) is 0. The zero-order chi connectivity index (χ0) is 26.3. The van der Waals surface area contributed by atoms with Crippen molar-refractivity contribution < 1.29 is 29.0 Å². The summed E-state index contributed by atoms with van der Waals surface area (Å²) in [5.41, 5.74) is 1.16. The number of thioether (sulfide) groups is 1. The Balaban J connectivity index is 1.40. The van der Waals surface area contributed by atoms with Crippen molar-refractivity contribution in [1.29, 1.82) is 0 Å². The molecule has 37 heavy (non-hydrogen) atoms. The SMILES string of the molecule is O=C(O)CN1C(=O)C2Sc3[nH]c(=O)sc3[C@@H](c3cccc(OCC(=O)Nc4ccc(Cl)cc4)c3)C2C1=O. The maximum atomic E-state index is 13.2. The zero-order valence-corrected chi connectivity index (χ0v) is 21.2. The summed E-state index contributed by atoms with van der Waals surface area (Å²) in [4.78, 5) is 65.7. The van der Waals surface area contributed by atoms with Crippen molar-refractivity contribution in [2.24, 2.45) is 5.92 Å². The molecule has 13 heteroatoms. The van der Waals surface area contributed by atoms with Gasteiger partial charge in [0.05, 0.1) is 10.9 Å². The van der Waals surface area contributed by atoms with E-state index < -0.39 is 47.3 Å². The maximum absolute atomic E-state index is 13.2. The Morgan fingerprint density at radius 1 is 1.11 bits per heavy atom. The average Bonchev–Trinajstić information content (AvgIpc) is 3.34. The third kappa shape index (κ3) is 4.99. The van der Waals surface area contributed by atoms with Crippen LogP contribution in [0.3, 0.4) is 0 Å². The van der Waals surface area contributed by atoms with Crippen molar-refractivity contribution in [3.63, 3.8) is 0 Å². The number of carboxylic acid groups (broad SMARTS) is 1. The first-order valence-corrected chi connectivity index (χ1v) is 13.0. The average molecular weight is 560 g/mol. The lowest BCUT2D eigenvalue weighted by atomic mass is 9.83. The number of nitrogens with zero attached hydrogens (tertiary/aromatic N) is 1. The van der Waals surface area contributed by atoms with Gasteiger partial charge in [-0.3, -0.25) is 28.9 Å². The molecule has 1 aromatic heterocycles. The number of halogens is 1. The minimum atomic E-state index is -1.29. The summed E-state index contributed by atoms with van der Waals surface area (Å²) in [7, 11) is 0. The molecule has 190 valence electrons. The number of ether oxygens (including phenoxy) is 1. The van der Waals surface area contributed by atoms with Gasteiger partial charge in [-0.1, -0.05) is 46.8 Å². The van der Waals surface area contributed by atoms with Gasteiger partial charge in [-0.25, -0.2) is 0 Å². The number of likely N-dealkylation sites (tertiary alicyclic amines) is 1. The van der Waals surface area contributed by atoms with Crippen LogP contribution < -0.4 is 14.9 Å². The number of aromatic amines is 1. The number of imide groups is 1. The summed E-state index contributed by atoms with van der Waals surface area (Å²) in [5, 5.41) is 12.0. The number of carbonyl (C=O) groups is 4. The van der Waals surface area contributed by atoms with Crippen LogP contribution in [0, 0.1) is 5.92 Å². The van der Waals surface area contributed by atoms with Crippen LogP contribution in [0.5, 0.6) is 5.75 Å². The molecule has 1 saturated heterocycles. The number of carbonyl (C=O) groups excluding carboxylic acids is 3. The quantitative estimate of drug-likeness (QED) is 0.375. The van der Waals surface area contributed by atoms with Crippen LogP contribution in [0.4, 0.5) is 5.69 Å². The Morgan fingerprint density at radius 3 is 2.59 bits per heavy atom. The summed E-state index contributed by atoms with van der Waals surface area (Å²) in [6, 6.07) is 13.3. The van der Waals surface area contributed by atoms with Crippen LogP contribution in [0.15, 0.2) is 58.4 Å². The van der Waals surface area contributed by atoms with E-state index in [0.717, 1.165) is 28.0 Å². The molecule has 10 nitrogen and oxygen atoms in total. The van der Waals surface area contributed by atoms with Crippen LogP contribution >= 0.6 is 34.7 Å². The molecule has 2 aromatic carbocycles. The van der Waals surface area contributed by atoms with E-state index in [1.165, 1.54) is 0 Å². The Hall–Kier alpha value is -3.61. The fraction of sp³-hybridized carbons (Fsp3) is 0.208. The van der Waals surface area contributed by atoms with Crippen LogP contribution in [0.25, 0.3) is 0 Å². The molecule has 3 amide bonds. The molecule has 3 aromatic rings. The lowest BCUT2D eigenvalue weighted by molar-refractivity contribution is -0.149. The predicted molar refractivity (Wildman–Crippen MR) is 136 cm³/mol. The van der Waals surface area contributed by atoms with E-state index in [9.17, 15) is 29.1 Å². The Morgan fingerprint density at radius 2 is 1.86 bits per heavy atom. The number of hydrogen-bond acceptors (Lipinski definition) is 8. The molecule has 0 aliphatic carbocycles. The normalized spacial score (nSPS) is 20.4. The largest absolute Gasteiger partial charge is 0.484 e. The number of hydrogen-bond donors (Lipinski definition) is 3. The van der Waals surface area contributed by atoms with Crippen LogP contribution in [0.1, 0.15) is 16.4 Å². The van der Waals surface area contributed by atoms with E-state index in [4.69, 9.17) is 16.3 Å². The number of anilines is 1. The molecule has 1 fully saturated rings. The predicted octanol–water partition coefficient (Wildman–Crippen LogP) is 2.78. The third-order valence-corrected chi connectivity index (χ3v) is 8.58. The molecular weight excluding hydrogens is 542 g/mol. The van der Waals surface area contributed by atoms with Gasteiger partial charge in [-0.2, -0.15) is 0 Å². The highest BCUT2D eigenvalue weighted by atomic mass is 35.5. The van der Waals surface area contributed by atoms with Crippen molar-refractivity contribution >= 4 is 64.1 Å². The second kappa shape index (κ2) is 10.0. The van der Waals surface area contributed by atoms with Crippen LogP contribution in [0.2, 0.25) is 5.02 Å². The number of nitrogens with one attached hydrogen (secondary N) is 2. The highest BCUT2D eigenvalue weighted by Gasteiger charge is 2.56. The summed E-state index contributed by atoms with van der Waals surface area (Å²) < 4.78 is 5.67. The Kier molecular flexibility index (Phi) is 6.80. The maximum Gasteiger partial charge on any atom is 0.323 e. The van der Waals surface area contributed by atoms with Gasteiger partial charge in [-0.15, -0.1) is 0 Å². The van der Waals surface area contributed by atoms with Gasteiger partial charge < -0.3 is 20.1 Å². The van der Waals surface area contributed by atoms with Gasteiger partial charge in [-0.05, 0) is 42.0 Å². The number of thiazole rings is 1. The number of H-pyrrole nitrogens is 1. The molecule has 3 N–H and O–H groups in total. The van der Waals surface area contributed by atoms with Gasteiger partial charge in [0, 0.05) is 21.5 Å². The first-order valence-electron chi connectivity index (χ1n) is 11.0. The molecule has 0 radical (unpaired) electrons. The number of amides is 3. The second-order valence-corrected chi connectivity index (χ2v) is 10.9. The Labute approximate surface area is 222 Å². The fourth-order valence-electron chi connectivity index (χ4n) is 4.40. The van der Waals surface area contributed by atoms with Crippen molar-refractivity contribution in [2.75, 3.05) is 18.5 Å². The number of carboxylic acids is 1. The molecule has 2 aliphatic heterocycles. The van der Waals surface area contributed by atoms with Gasteiger partial charge in [0.1, 0.15) is 17.5 Å². The van der Waals surface area contributed by atoms with Crippen LogP contribution in [-0.2, 0) is 19.2 Å².